The molecule has 0 aromatic carbocycles. The van der Waals surface area contributed by atoms with Crippen molar-refractivity contribution in [3.05, 3.63) is 0 Å². The van der Waals surface area contributed by atoms with Gasteiger partial charge >= 0.3 is 5.97 Å². The molecule has 0 unspecified atom stereocenters. The molecular weight excluding hydrogens is 196 g/mol. The molecule has 0 aliphatic carbocycles. The zero-order valence-corrected chi connectivity index (χ0v) is 8.99. The average Bonchev–Trinajstić information content (AvgIpc) is 2.12. The number of nitrogens with zero attached hydrogens (tertiary/aromatic N) is 1. The topological polar surface area (TPSA) is 69.6 Å². The van der Waals surface area contributed by atoms with Gasteiger partial charge in [-0.25, -0.2) is 0 Å². The van der Waals surface area contributed by atoms with Gasteiger partial charge in [0.2, 0.25) is 5.91 Å². The number of carboxylic acid groups (broad SMARTS) is 1. The normalized spacial score (nSPS) is 9.73. The fraction of sp³-hybridized carbons (Fsp3) is 0.600. The van der Waals surface area contributed by atoms with Crippen molar-refractivity contribution in [3.8, 4) is 12.3 Å². The van der Waals surface area contributed by atoms with E-state index in [4.69, 9.17) is 11.5 Å². The summed E-state index contributed by atoms with van der Waals surface area (Å²) in [6, 6.07) is 0.173. The Labute approximate surface area is 89.4 Å². The van der Waals surface area contributed by atoms with Crippen LogP contribution >= 0.6 is 0 Å². The maximum atomic E-state index is 11.5. The molecule has 0 aromatic heterocycles. The van der Waals surface area contributed by atoms with Crippen molar-refractivity contribution in [3.63, 3.8) is 0 Å². The number of carboxylic acids is 1. The van der Waals surface area contributed by atoms with E-state index in [1.165, 1.54) is 0 Å². The molecule has 0 aliphatic heterocycles. The number of hydrogen-bond acceptors (Lipinski definition) is 3. The largest absolute Gasteiger partial charge is 0.480 e. The van der Waals surface area contributed by atoms with Crippen LogP contribution < -0.4 is 5.32 Å². The summed E-state index contributed by atoms with van der Waals surface area (Å²) in [4.78, 5) is 23.0. The first kappa shape index (κ1) is 13.5. The lowest BCUT2D eigenvalue weighted by molar-refractivity contribution is -0.143. The van der Waals surface area contributed by atoms with Gasteiger partial charge in [-0.05, 0) is 0 Å². The lowest BCUT2D eigenvalue weighted by atomic mass is 10.3. The van der Waals surface area contributed by atoms with E-state index in [-0.39, 0.29) is 31.6 Å². The molecule has 0 aliphatic rings. The van der Waals surface area contributed by atoms with Gasteiger partial charge in [0.1, 0.15) is 6.54 Å². The molecule has 5 heteroatoms. The number of amides is 1. The summed E-state index contributed by atoms with van der Waals surface area (Å²) in [5.74, 6) is 0.887. The lowest BCUT2D eigenvalue weighted by Gasteiger charge is -2.18. The molecule has 0 fully saturated rings. The van der Waals surface area contributed by atoms with E-state index in [1.54, 1.807) is 0 Å². The van der Waals surface area contributed by atoms with Gasteiger partial charge in [-0.15, -0.1) is 6.42 Å². The number of nitrogens with one attached hydrogen (secondary N) is 1. The Balaban J connectivity index is 4.17. The summed E-state index contributed by atoms with van der Waals surface area (Å²) in [6.45, 7) is 3.56. The molecule has 0 atom stereocenters. The number of aliphatic carboxylic acids is 1. The third-order valence-corrected chi connectivity index (χ3v) is 1.62. The summed E-state index contributed by atoms with van der Waals surface area (Å²) in [7, 11) is 0. The number of carbonyl (C=O) groups excluding carboxylic acids is 1. The zero-order chi connectivity index (χ0) is 11.8. The van der Waals surface area contributed by atoms with Crippen molar-refractivity contribution in [2.45, 2.75) is 19.9 Å². The highest BCUT2D eigenvalue weighted by molar-refractivity contribution is 5.83. The molecule has 0 bridgehead atoms. The summed E-state index contributed by atoms with van der Waals surface area (Å²) in [5, 5.41) is 11.5. The monoisotopic (exact) mass is 212 g/mol. The molecule has 0 radical (unpaired) electrons. The third kappa shape index (κ3) is 6.52. The van der Waals surface area contributed by atoms with Crippen molar-refractivity contribution in [2.24, 2.45) is 0 Å². The average molecular weight is 212 g/mol. The standard InChI is InChI=1S/C10H16N2O3/c1-4-5-12(7-10(14)15)9(13)6-11-8(2)3/h1,8,11H,5-7H2,2-3H3,(H,14,15). The molecule has 0 spiro atoms. The molecule has 84 valence electrons. The van der Waals surface area contributed by atoms with Crippen LogP contribution in [0.1, 0.15) is 13.8 Å². The Morgan fingerprint density at radius 3 is 2.53 bits per heavy atom. The van der Waals surface area contributed by atoms with Crippen LogP contribution in [0, 0.1) is 12.3 Å². The van der Waals surface area contributed by atoms with Gasteiger partial charge < -0.3 is 15.3 Å². The number of hydrogen-bond donors (Lipinski definition) is 2. The van der Waals surface area contributed by atoms with Crippen LogP contribution in [-0.2, 0) is 9.59 Å². The number of rotatable bonds is 6. The van der Waals surface area contributed by atoms with Gasteiger partial charge in [0.05, 0.1) is 13.1 Å². The summed E-state index contributed by atoms with van der Waals surface area (Å²) >= 11 is 0. The number of carbonyl (C=O) groups is 2. The Morgan fingerprint density at radius 1 is 1.53 bits per heavy atom. The van der Waals surface area contributed by atoms with Crippen molar-refractivity contribution >= 4 is 11.9 Å². The predicted octanol–water partition coefficient (Wildman–Crippen LogP) is -0.469. The van der Waals surface area contributed by atoms with Crippen LogP contribution in [0.15, 0.2) is 0 Å². The van der Waals surface area contributed by atoms with Gasteiger partial charge in [0.15, 0.2) is 0 Å². The first-order valence-electron chi connectivity index (χ1n) is 4.63. The first-order chi connectivity index (χ1) is 6.97. The second-order valence-electron chi connectivity index (χ2n) is 3.38. The van der Waals surface area contributed by atoms with Crippen molar-refractivity contribution in [2.75, 3.05) is 19.6 Å². The van der Waals surface area contributed by atoms with E-state index in [2.05, 4.69) is 11.2 Å². The Morgan fingerprint density at radius 2 is 2.13 bits per heavy atom. The number of terminal acetylenes is 1. The van der Waals surface area contributed by atoms with Crippen LogP contribution in [0.5, 0.6) is 0 Å². The summed E-state index contributed by atoms with van der Waals surface area (Å²) in [5.41, 5.74) is 0. The molecule has 0 heterocycles. The minimum absolute atomic E-state index is 0.0188. The van der Waals surface area contributed by atoms with Gasteiger partial charge in [-0.3, -0.25) is 9.59 Å². The fourth-order valence-electron chi connectivity index (χ4n) is 0.909. The van der Waals surface area contributed by atoms with Gasteiger partial charge in [0, 0.05) is 6.04 Å². The van der Waals surface area contributed by atoms with E-state index in [0.717, 1.165) is 4.90 Å². The van der Waals surface area contributed by atoms with Gasteiger partial charge in [0.25, 0.3) is 0 Å². The molecule has 0 saturated carbocycles. The highest BCUT2D eigenvalue weighted by atomic mass is 16.4. The quantitative estimate of drug-likeness (QED) is 0.584. The van der Waals surface area contributed by atoms with E-state index >= 15 is 0 Å². The highest BCUT2D eigenvalue weighted by Gasteiger charge is 2.15. The maximum absolute atomic E-state index is 11.5. The van der Waals surface area contributed by atoms with Gasteiger partial charge in [-0.1, -0.05) is 19.8 Å². The minimum Gasteiger partial charge on any atom is -0.480 e. The fourth-order valence-corrected chi connectivity index (χ4v) is 0.909. The Bertz CT molecular complexity index is 268. The predicted molar refractivity (Wildman–Crippen MR) is 56.2 cm³/mol. The van der Waals surface area contributed by atoms with E-state index in [0.29, 0.717) is 0 Å². The van der Waals surface area contributed by atoms with E-state index in [9.17, 15) is 9.59 Å². The van der Waals surface area contributed by atoms with E-state index < -0.39 is 5.97 Å². The minimum atomic E-state index is -1.07. The molecule has 0 saturated heterocycles. The van der Waals surface area contributed by atoms with Crippen LogP contribution in [0.4, 0.5) is 0 Å². The van der Waals surface area contributed by atoms with E-state index in [1.807, 2.05) is 13.8 Å². The smallest absolute Gasteiger partial charge is 0.323 e. The van der Waals surface area contributed by atoms with Crippen LogP contribution in [0.25, 0.3) is 0 Å². The second kappa shape index (κ2) is 6.85. The first-order valence-corrected chi connectivity index (χ1v) is 4.63. The Hall–Kier alpha value is -1.54. The summed E-state index contributed by atoms with van der Waals surface area (Å²) < 4.78 is 0. The Kier molecular flexibility index (Phi) is 6.14. The lowest BCUT2D eigenvalue weighted by Crippen LogP contribution is -2.42. The van der Waals surface area contributed by atoms with Crippen molar-refractivity contribution < 1.29 is 14.7 Å². The third-order valence-electron chi connectivity index (χ3n) is 1.62. The molecule has 15 heavy (non-hydrogen) atoms. The highest BCUT2D eigenvalue weighted by Crippen LogP contribution is 1.89. The van der Waals surface area contributed by atoms with Crippen LogP contribution in [0.3, 0.4) is 0 Å². The zero-order valence-electron chi connectivity index (χ0n) is 8.99. The SMILES string of the molecule is C#CCN(CC(=O)O)C(=O)CNC(C)C. The maximum Gasteiger partial charge on any atom is 0.323 e. The second-order valence-corrected chi connectivity index (χ2v) is 3.38. The molecule has 0 aromatic rings. The van der Waals surface area contributed by atoms with Crippen molar-refractivity contribution in [1.82, 2.24) is 10.2 Å². The van der Waals surface area contributed by atoms with Crippen LogP contribution in [0.2, 0.25) is 0 Å². The molecule has 2 N–H and O–H groups in total. The molecular formula is C10H16N2O3. The molecule has 0 rings (SSSR count). The molecule has 1 amide bonds. The molecule has 5 nitrogen and oxygen atoms in total. The van der Waals surface area contributed by atoms with Crippen molar-refractivity contribution in [1.29, 1.82) is 0 Å². The van der Waals surface area contributed by atoms with Crippen LogP contribution in [-0.4, -0.2) is 47.6 Å². The van der Waals surface area contributed by atoms with Gasteiger partial charge in [-0.2, -0.15) is 0 Å². The summed E-state index contributed by atoms with van der Waals surface area (Å²) in [6.07, 6.45) is 5.04.